The molecule has 1 amide bonds. The molecule has 0 aliphatic carbocycles. The van der Waals surface area contributed by atoms with Crippen molar-refractivity contribution in [2.75, 3.05) is 50.6 Å². The van der Waals surface area contributed by atoms with Crippen molar-refractivity contribution in [2.45, 2.75) is 0 Å². The Hall–Kier alpha value is -2.61. The molecule has 0 bridgehead atoms. The number of carbonyl (C=O) groups is 1. The second-order valence-corrected chi connectivity index (χ2v) is 8.47. The molecule has 4 rings (SSSR count). The maximum absolute atomic E-state index is 12.9. The molecule has 2 heterocycles. The maximum Gasteiger partial charge on any atom is 0.275 e. The van der Waals surface area contributed by atoms with E-state index in [-0.39, 0.29) is 5.91 Å². The summed E-state index contributed by atoms with van der Waals surface area (Å²) in [6.07, 6.45) is 0. The SMILES string of the molecule is COc1ccc(-c2nc(C(=O)Nc3cc(Cl)ccc3N3CCN(C)CC3)cs2)cc1. The van der Waals surface area contributed by atoms with E-state index < -0.39 is 0 Å². The van der Waals surface area contributed by atoms with Crippen LogP contribution in [0.1, 0.15) is 10.5 Å². The zero-order valence-corrected chi connectivity index (χ0v) is 18.5. The van der Waals surface area contributed by atoms with Crippen LogP contribution < -0.4 is 15.0 Å². The minimum atomic E-state index is -0.247. The number of hydrogen-bond acceptors (Lipinski definition) is 6. The second kappa shape index (κ2) is 9.04. The van der Waals surface area contributed by atoms with E-state index in [1.807, 2.05) is 36.4 Å². The fourth-order valence-corrected chi connectivity index (χ4v) is 4.34. The van der Waals surface area contributed by atoms with Crippen LogP contribution in [0, 0.1) is 0 Å². The summed E-state index contributed by atoms with van der Waals surface area (Å²) in [6.45, 7) is 3.76. The number of halogens is 1. The van der Waals surface area contributed by atoms with Crippen molar-refractivity contribution in [2.24, 2.45) is 0 Å². The van der Waals surface area contributed by atoms with Crippen molar-refractivity contribution in [1.82, 2.24) is 9.88 Å². The van der Waals surface area contributed by atoms with Gasteiger partial charge in [0.25, 0.3) is 5.91 Å². The van der Waals surface area contributed by atoms with E-state index in [1.54, 1.807) is 18.6 Å². The number of carbonyl (C=O) groups excluding carboxylic acids is 1. The van der Waals surface area contributed by atoms with Gasteiger partial charge in [0.15, 0.2) is 0 Å². The van der Waals surface area contributed by atoms with Crippen molar-refractivity contribution in [3.63, 3.8) is 0 Å². The average molecular weight is 443 g/mol. The van der Waals surface area contributed by atoms with Gasteiger partial charge in [0, 0.05) is 42.1 Å². The highest BCUT2D eigenvalue weighted by atomic mass is 35.5. The van der Waals surface area contributed by atoms with Crippen molar-refractivity contribution in [3.8, 4) is 16.3 Å². The summed E-state index contributed by atoms with van der Waals surface area (Å²) >= 11 is 7.65. The molecule has 156 valence electrons. The van der Waals surface area contributed by atoms with E-state index >= 15 is 0 Å². The van der Waals surface area contributed by atoms with Crippen molar-refractivity contribution < 1.29 is 9.53 Å². The number of hydrogen-bond donors (Lipinski definition) is 1. The molecule has 2 aromatic carbocycles. The number of nitrogens with zero attached hydrogens (tertiary/aromatic N) is 3. The zero-order valence-electron chi connectivity index (χ0n) is 16.9. The Morgan fingerprint density at radius 1 is 1.13 bits per heavy atom. The number of benzene rings is 2. The maximum atomic E-state index is 12.9. The largest absolute Gasteiger partial charge is 0.497 e. The number of amides is 1. The van der Waals surface area contributed by atoms with E-state index in [9.17, 15) is 4.79 Å². The molecule has 0 unspecified atom stereocenters. The van der Waals surface area contributed by atoms with Gasteiger partial charge < -0.3 is 19.9 Å². The lowest BCUT2D eigenvalue weighted by atomic mass is 10.2. The molecular weight excluding hydrogens is 420 g/mol. The Morgan fingerprint density at radius 2 is 1.87 bits per heavy atom. The second-order valence-electron chi connectivity index (χ2n) is 7.17. The van der Waals surface area contributed by atoms with Gasteiger partial charge in [-0.3, -0.25) is 4.79 Å². The lowest BCUT2D eigenvalue weighted by molar-refractivity contribution is 0.102. The smallest absolute Gasteiger partial charge is 0.275 e. The highest BCUT2D eigenvalue weighted by Gasteiger charge is 2.20. The lowest BCUT2D eigenvalue weighted by Gasteiger charge is -2.35. The molecule has 1 aliphatic heterocycles. The standard InChI is InChI=1S/C22H23ClN4O2S/c1-26-9-11-27(12-10-26)20-8-5-16(23)13-18(20)24-21(28)19-14-30-22(25-19)15-3-6-17(29-2)7-4-15/h3-8,13-14H,9-12H2,1-2H3,(H,24,28). The molecule has 30 heavy (non-hydrogen) atoms. The van der Waals surface area contributed by atoms with Gasteiger partial charge in [-0.25, -0.2) is 4.98 Å². The Morgan fingerprint density at radius 3 is 2.57 bits per heavy atom. The molecule has 0 radical (unpaired) electrons. The third kappa shape index (κ3) is 4.59. The van der Waals surface area contributed by atoms with Crippen LogP contribution in [0.25, 0.3) is 10.6 Å². The van der Waals surface area contributed by atoms with Gasteiger partial charge in [-0.05, 0) is 49.5 Å². The fraction of sp³-hybridized carbons (Fsp3) is 0.273. The monoisotopic (exact) mass is 442 g/mol. The average Bonchev–Trinajstić information content (AvgIpc) is 3.25. The van der Waals surface area contributed by atoms with Gasteiger partial charge >= 0.3 is 0 Å². The lowest BCUT2D eigenvalue weighted by Crippen LogP contribution is -2.44. The molecule has 0 spiro atoms. The highest BCUT2D eigenvalue weighted by Crippen LogP contribution is 2.31. The van der Waals surface area contributed by atoms with Crippen LogP contribution in [-0.2, 0) is 0 Å². The van der Waals surface area contributed by atoms with Crippen LogP contribution >= 0.6 is 22.9 Å². The minimum absolute atomic E-state index is 0.247. The molecule has 6 nitrogen and oxygen atoms in total. The third-order valence-electron chi connectivity index (χ3n) is 5.12. The van der Waals surface area contributed by atoms with E-state index in [1.165, 1.54) is 11.3 Å². The normalized spacial score (nSPS) is 14.6. The molecule has 1 aromatic heterocycles. The van der Waals surface area contributed by atoms with Gasteiger partial charge in [-0.2, -0.15) is 0 Å². The fourth-order valence-electron chi connectivity index (χ4n) is 3.36. The molecule has 1 N–H and O–H groups in total. The van der Waals surface area contributed by atoms with Crippen LogP contribution in [0.15, 0.2) is 47.8 Å². The highest BCUT2D eigenvalue weighted by molar-refractivity contribution is 7.13. The Kier molecular flexibility index (Phi) is 6.22. The van der Waals surface area contributed by atoms with Gasteiger partial charge in [-0.1, -0.05) is 11.6 Å². The van der Waals surface area contributed by atoms with Crippen molar-refractivity contribution >= 4 is 40.2 Å². The molecule has 0 saturated carbocycles. The molecule has 8 heteroatoms. The summed E-state index contributed by atoms with van der Waals surface area (Å²) in [4.78, 5) is 22.0. The quantitative estimate of drug-likeness (QED) is 0.631. The van der Waals surface area contributed by atoms with Crippen LogP contribution in [0.2, 0.25) is 5.02 Å². The number of piperazine rings is 1. The summed E-state index contributed by atoms with van der Waals surface area (Å²) in [5.74, 6) is 0.536. The number of nitrogens with one attached hydrogen (secondary N) is 1. The molecular formula is C22H23ClN4O2S. The van der Waals surface area contributed by atoms with Gasteiger partial charge in [-0.15, -0.1) is 11.3 Å². The first-order valence-electron chi connectivity index (χ1n) is 9.68. The first-order valence-corrected chi connectivity index (χ1v) is 10.9. The summed E-state index contributed by atoms with van der Waals surface area (Å²) in [5, 5.41) is 6.15. The number of methoxy groups -OCH3 is 1. The molecule has 0 atom stereocenters. The Labute approximate surface area is 185 Å². The van der Waals surface area contributed by atoms with Crippen LogP contribution in [0.4, 0.5) is 11.4 Å². The Bertz CT molecular complexity index is 1030. The summed E-state index contributed by atoms with van der Waals surface area (Å²) in [6, 6.07) is 13.2. The third-order valence-corrected chi connectivity index (χ3v) is 6.25. The van der Waals surface area contributed by atoms with Crippen LogP contribution in [0.3, 0.4) is 0 Å². The van der Waals surface area contributed by atoms with E-state index in [0.717, 1.165) is 48.2 Å². The number of ether oxygens (including phenoxy) is 1. The number of likely N-dealkylation sites (N-methyl/N-ethyl adjacent to an activating group) is 1. The summed E-state index contributed by atoms with van der Waals surface area (Å²) in [5.41, 5.74) is 3.01. The molecule has 1 fully saturated rings. The van der Waals surface area contributed by atoms with E-state index in [2.05, 4.69) is 27.1 Å². The van der Waals surface area contributed by atoms with Crippen LogP contribution in [0.5, 0.6) is 5.75 Å². The zero-order chi connectivity index (χ0) is 21.1. The minimum Gasteiger partial charge on any atom is -0.497 e. The number of aromatic nitrogens is 1. The predicted octanol–water partition coefficient (Wildman–Crippen LogP) is 4.48. The van der Waals surface area contributed by atoms with Crippen molar-refractivity contribution in [1.29, 1.82) is 0 Å². The van der Waals surface area contributed by atoms with E-state index in [0.29, 0.717) is 16.4 Å². The van der Waals surface area contributed by atoms with Gasteiger partial charge in [0.2, 0.25) is 0 Å². The molecule has 1 aliphatic rings. The first-order chi connectivity index (χ1) is 14.5. The number of rotatable bonds is 5. The van der Waals surface area contributed by atoms with Crippen LogP contribution in [-0.4, -0.2) is 56.1 Å². The molecule has 3 aromatic rings. The number of anilines is 2. The summed E-state index contributed by atoms with van der Waals surface area (Å²) < 4.78 is 5.19. The van der Waals surface area contributed by atoms with Gasteiger partial charge in [0.1, 0.15) is 16.5 Å². The molecule has 1 saturated heterocycles. The number of thiazole rings is 1. The predicted molar refractivity (Wildman–Crippen MR) is 123 cm³/mol. The Balaban J connectivity index is 1.53. The first kappa shape index (κ1) is 20.7. The topological polar surface area (TPSA) is 57.7 Å². The van der Waals surface area contributed by atoms with Gasteiger partial charge in [0.05, 0.1) is 18.5 Å². The van der Waals surface area contributed by atoms with Crippen molar-refractivity contribution in [3.05, 3.63) is 58.6 Å². The van der Waals surface area contributed by atoms with E-state index in [4.69, 9.17) is 16.3 Å². The summed E-state index contributed by atoms with van der Waals surface area (Å²) in [7, 11) is 3.75.